The highest BCUT2D eigenvalue weighted by atomic mass is 16.5. The van der Waals surface area contributed by atoms with E-state index in [0.29, 0.717) is 25.0 Å². The fourth-order valence-corrected chi connectivity index (χ4v) is 2.53. The summed E-state index contributed by atoms with van der Waals surface area (Å²) in [6, 6.07) is 10.6. The van der Waals surface area contributed by atoms with Crippen molar-refractivity contribution < 1.29 is 9.15 Å². The van der Waals surface area contributed by atoms with Gasteiger partial charge < -0.3 is 14.5 Å². The monoisotopic (exact) mass is 272 g/mol. The average Bonchev–Trinajstić information content (AvgIpc) is 3.16. The molecular formula is C16H20N2O2. The Morgan fingerprint density at radius 3 is 2.95 bits per heavy atom. The minimum absolute atomic E-state index is 0.498. The first-order valence-electron chi connectivity index (χ1n) is 7.07. The maximum absolute atomic E-state index is 5.83. The lowest BCUT2D eigenvalue weighted by Crippen LogP contribution is -2.18. The second kappa shape index (κ2) is 6.20. The molecule has 2 unspecified atom stereocenters. The molecule has 0 saturated heterocycles. The molecule has 2 atom stereocenters. The Kier molecular flexibility index (Phi) is 4.14. The van der Waals surface area contributed by atoms with Gasteiger partial charge in [-0.1, -0.05) is 30.3 Å². The number of nitrogens with one attached hydrogen (secondary N) is 1. The maximum atomic E-state index is 5.83. The van der Waals surface area contributed by atoms with Crippen LogP contribution in [0.2, 0.25) is 0 Å². The summed E-state index contributed by atoms with van der Waals surface area (Å²) >= 11 is 0. The smallest absolute Gasteiger partial charge is 0.208 e. The van der Waals surface area contributed by atoms with E-state index in [1.807, 2.05) is 6.20 Å². The van der Waals surface area contributed by atoms with Gasteiger partial charge in [-0.2, -0.15) is 0 Å². The zero-order valence-corrected chi connectivity index (χ0v) is 11.7. The molecule has 1 N–H and O–H groups in total. The van der Waals surface area contributed by atoms with Crippen LogP contribution < -0.4 is 5.32 Å². The van der Waals surface area contributed by atoms with E-state index in [-0.39, 0.29) is 0 Å². The molecule has 0 spiro atoms. The summed E-state index contributed by atoms with van der Waals surface area (Å²) in [6.45, 7) is 2.17. The van der Waals surface area contributed by atoms with Crippen molar-refractivity contribution in [3.8, 4) is 0 Å². The van der Waals surface area contributed by atoms with Crippen molar-refractivity contribution in [2.75, 3.05) is 20.3 Å². The van der Waals surface area contributed by atoms with Crippen molar-refractivity contribution >= 4 is 0 Å². The number of ether oxygens (including phenoxy) is 1. The third kappa shape index (κ3) is 3.08. The summed E-state index contributed by atoms with van der Waals surface area (Å²) in [5, 5.41) is 3.24. The molecule has 4 heteroatoms. The highest BCUT2D eigenvalue weighted by molar-refractivity contribution is 5.31. The largest absolute Gasteiger partial charge is 0.444 e. The molecule has 106 valence electrons. The minimum atomic E-state index is 0.498. The highest BCUT2D eigenvalue weighted by Gasteiger charge is 2.41. The first kappa shape index (κ1) is 13.3. The Labute approximate surface area is 119 Å². The average molecular weight is 272 g/mol. The van der Waals surface area contributed by atoms with E-state index in [2.05, 4.69) is 40.6 Å². The van der Waals surface area contributed by atoms with E-state index in [1.54, 1.807) is 7.11 Å². The van der Waals surface area contributed by atoms with Gasteiger partial charge >= 0.3 is 0 Å². The van der Waals surface area contributed by atoms with Crippen LogP contribution >= 0.6 is 0 Å². The van der Waals surface area contributed by atoms with Gasteiger partial charge in [0.25, 0.3) is 0 Å². The topological polar surface area (TPSA) is 47.3 Å². The summed E-state index contributed by atoms with van der Waals surface area (Å²) < 4.78 is 10.8. The van der Waals surface area contributed by atoms with Crippen LogP contribution in [0.1, 0.15) is 35.5 Å². The van der Waals surface area contributed by atoms with E-state index in [0.717, 1.165) is 24.6 Å². The van der Waals surface area contributed by atoms with Gasteiger partial charge in [0.1, 0.15) is 5.76 Å². The summed E-state index contributed by atoms with van der Waals surface area (Å²) in [5.74, 6) is 2.87. The van der Waals surface area contributed by atoms with Gasteiger partial charge in [-0.15, -0.1) is 0 Å². The van der Waals surface area contributed by atoms with Crippen LogP contribution in [-0.4, -0.2) is 25.2 Å². The molecule has 2 aromatic rings. The molecule has 1 aliphatic carbocycles. The second-order valence-corrected chi connectivity index (χ2v) is 5.19. The second-order valence-electron chi connectivity index (χ2n) is 5.19. The first-order valence-corrected chi connectivity index (χ1v) is 7.07. The fraction of sp³-hybridized carbons (Fsp3) is 0.438. The number of oxazole rings is 1. The predicted molar refractivity (Wildman–Crippen MR) is 76.6 cm³/mol. The van der Waals surface area contributed by atoms with Gasteiger partial charge in [0.15, 0.2) is 0 Å². The lowest BCUT2D eigenvalue weighted by molar-refractivity contribution is 0.198. The van der Waals surface area contributed by atoms with Crippen molar-refractivity contribution in [2.24, 2.45) is 0 Å². The van der Waals surface area contributed by atoms with Gasteiger partial charge in [-0.25, -0.2) is 4.98 Å². The molecule has 3 rings (SSSR count). The Morgan fingerprint density at radius 2 is 2.15 bits per heavy atom. The summed E-state index contributed by atoms with van der Waals surface area (Å²) in [4.78, 5) is 4.33. The van der Waals surface area contributed by atoms with Gasteiger partial charge in [-0.3, -0.25) is 0 Å². The number of hydrogen-bond acceptors (Lipinski definition) is 4. The maximum Gasteiger partial charge on any atom is 0.208 e. The quantitative estimate of drug-likeness (QED) is 0.787. The zero-order valence-electron chi connectivity index (χ0n) is 11.7. The van der Waals surface area contributed by atoms with Crippen molar-refractivity contribution in [1.82, 2.24) is 10.3 Å². The molecule has 20 heavy (non-hydrogen) atoms. The van der Waals surface area contributed by atoms with Crippen LogP contribution in [0.15, 0.2) is 40.9 Å². The van der Waals surface area contributed by atoms with Crippen molar-refractivity contribution in [3.05, 3.63) is 53.7 Å². The molecule has 1 aromatic carbocycles. The standard InChI is InChI=1S/C16H20N2O2/c1-19-8-7-17-11-16-18-10-15(20-16)14-9-13(14)12-5-3-2-4-6-12/h2-6,10,13-14,17H,7-9,11H2,1H3. The van der Waals surface area contributed by atoms with Gasteiger partial charge in [0.05, 0.1) is 19.3 Å². The third-order valence-corrected chi connectivity index (χ3v) is 3.71. The molecule has 0 radical (unpaired) electrons. The Hall–Kier alpha value is -1.65. The molecule has 1 fully saturated rings. The number of aromatic nitrogens is 1. The van der Waals surface area contributed by atoms with E-state index in [1.165, 1.54) is 5.56 Å². The van der Waals surface area contributed by atoms with Crippen LogP contribution in [0.5, 0.6) is 0 Å². The van der Waals surface area contributed by atoms with Crippen LogP contribution in [0, 0.1) is 0 Å². The Morgan fingerprint density at radius 1 is 1.30 bits per heavy atom. The molecule has 1 saturated carbocycles. The number of rotatable bonds is 7. The van der Waals surface area contributed by atoms with E-state index in [4.69, 9.17) is 9.15 Å². The van der Waals surface area contributed by atoms with Gasteiger partial charge in [-0.05, 0) is 17.9 Å². The third-order valence-electron chi connectivity index (χ3n) is 3.71. The van der Waals surface area contributed by atoms with Crippen molar-refractivity contribution in [3.63, 3.8) is 0 Å². The first-order chi connectivity index (χ1) is 9.88. The number of hydrogen-bond donors (Lipinski definition) is 1. The van der Waals surface area contributed by atoms with Crippen molar-refractivity contribution in [2.45, 2.75) is 24.8 Å². The Balaban J connectivity index is 1.54. The van der Waals surface area contributed by atoms with E-state index < -0.39 is 0 Å². The van der Waals surface area contributed by atoms with Crippen LogP contribution in [0.3, 0.4) is 0 Å². The summed E-state index contributed by atoms with van der Waals surface area (Å²) in [5.41, 5.74) is 1.40. The molecule has 0 amide bonds. The molecule has 1 heterocycles. The number of nitrogens with zero attached hydrogens (tertiary/aromatic N) is 1. The zero-order chi connectivity index (χ0) is 13.8. The van der Waals surface area contributed by atoms with E-state index >= 15 is 0 Å². The van der Waals surface area contributed by atoms with Crippen LogP contribution in [-0.2, 0) is 11.3 Å². The lowest BCUT2D eigenvalue weighted by Gasteiger charge is -2.00. The lowest BCUT2D eigenvalue weighted by atomic mass is 10.1. The number of benzene rings is 1. The number of methoxy groups -OCH3 is 1. The summed E-state index contributed by atoms with van der Waals surface area (Å²) in [7, 11) is 1.70. The van der Waals surface area contributed by atoms with E-state index in [9.17, 15) is 0 Å². The van der Waals surface area contributed by atoms with Crippen LogP contribution in [0.25, 0.3) is 0 Å². The molecule has 4 nitrogen and oxygen atoms in total. The van der Waals surface area contributed by atoms with Gasteiger partial charge in [0, 0.05) is 19.6 Å². The van der Waals surface area contributed by atoms with Crippen molar-refractivity contribution in [1.29, 1.82) is 0 Å². The SMILES string of the molecule is COCCNCc1ncc(C2CC2c2ccccc2)o1. The normalized spacial score (nSPS) is 21.1. The molecule has 1 aromatic heterocycles. The fourth-order valence-electron chi connectivity index (χ4n) is 2.53. The molecular weight excluding hydrogens is 252 g/mol. The highest BCUT2D eigenvalue weighted by Crippen LogP contribution is 2.54. The predicted octanol–water partition coefficient (Wildman–Crippen LogP) is 2.68. The summed E-state index contributed by atoms with van der Waals surface area (Å²) in [6.07, 6.45) is 3.04. The van der Waals surface area contributed by atoms with Crippen LogP contribution in [0.4, 0.5) is 0 Å². The van der Waals surface area contributed by atoms with Gasteiger partial charge in [0.2, 0.25) is 5.89 Å². The molecule has 1 aliphatic rings. The minimum Gasteiger partial charge on any atom is -0.444 e. The molecule has 0 bridgehead atoms. The Bertz CT molecular complexity index is 538. The molecule has 0 aliphatic heterocycles.